The van der Waals surface area contributed by atoms with Crippen molar-refractivity contribution in [3.05, 3.63) is 23.8 Å². The van der Waals surface area contributed by atoms with Crippen LogP contribution in [0.3, 0.4) is 0 Å². The van der Waals surface area contributed by atoms with Gasteiger partial charge in [-0.2, -0.15) is 0 Å². The molecule has 1 aliphatic rings. The van der Waals surface area contributed by atoms with E-state index in [1.807, 2.05) is 0 Å². The Bertz CT molecular complexity index is 461. The zero-order valence-corrected chi connectivity index (χ0v) is 11.3. The van der Waals surface area contributed by atoms with Crippen molar-refractivity contribution < 1.29 is 19.4 Å². The highest BCUT2D eigenvalue weighted by atomic mass is 16.5. The maximum atomic E-state index is 11.0. The zero-order chi connectivity index (χ0) is 13.8. The van der Waals surface area contributed by atoms with Gasteiger partial charge >= 0.3 is 5.97 Å². The number of carbonyl (C=O) groups is 1. The Balaban J connectivity index is 2.09. The van der Waals surface area contributed by atoms with Crippen LogP contribution in [0.1, 0.15) is 23.2 Å². The number of likely N-dealkylation sites (tertiary alicyclic amines) is 1. The summed E-state index contributed by atoms with van der Waals surface area (Å²) in [5.41, 5.74) is 0.204. The molecule has 104 valence electrons. The van der Waals surface area contributed by atoms with Crippen LogP contribution in [0, 0.1) is 0 Å². The summed E-state index contributed by atoms with van der Waals surface area (Å²) in [5.74, 6) is 0.0823. The van der Waals surface area contributed by atoms with Crippen LogP contribution in [0.2, 0.25) is 0 Å². The Morgan fingerprint density at radius 3 is 2.84 bits per heavy atom. The van der Waals surface area contributed by atoms with Gasteiger partial charge in [0, 0.05) is 6.04 Å². The first-order valence-electron chi connectivity index (χ1n) is 6.36. The fourth-order valence-corrected chi connectivity index (χ4v) is 2.30. The smallest absolute Gasteiger partial charge is 0.335 e. The molecule has 1 aromatic carbocycles. The van der Waals surface area contributed by atoms with E-state index in [9.17, 15) is 4.79 Å². The monoisotopic (exact) mass is 265 g/mol. The van der Waals surface area contributed by atoms with Gasteiger partial charge in [-0.25, -0.2) is 4.79 Å². The number of hydrogen-bond acceptors (Lipinski definition) is 4. The van der Waals surface area contributed by atoms with Gasteiger partial charge in [0.1, 0.15) is 6.61 Å². The predicted octanol–water partition coefficient (Wildman–Crippen LogP) is 1.87. The van der Waals surface area contributed by atoms with Crippen molar-refractivity contribution in [1.82, 2.24) is 4.90 Å². The number of carboxylic acid groups (broad SMARTS) is 1. The van der Waals surface area contributed by atoms with Crippen LogP contribution in [0.15, 0.2) is 18.2 Å². The Kier molecular flexibility index (Phi) is 4.27. The third kappa shape index (κ3) is 3.17. The molecule has 5 heteroatoms. The molecule has 0 aromatic heterocycles. The molecule has 1 heterocycles. The number of hydrogen-bond donors (Lipinski definition) is 1. The summed E-state index contributed by atoms with van der Waals surface area (Å²) in [4.78, 5) is 13.2. The summed E-state index contributed by atoms with van der Waals surface area (Å²) in [5, 5.41) is 8.99. The van der Waals surface area contributed by atoms with E-state index in [1.165, 1.54) is 18.6 Å². The highest BCUT2D eigenvalue weighted by molar-refractivity contribution is 5.88. The fraction of sp³-hybridized carbons (Fsp3) is 0.500. The highest BCUT2D eigenvalue weighted by Gasteiger charge is 2.22. The summed E-state index contributed by atoms with van der Waals surface area (Å²) in [6, 6.07) is 5.03. The van der Waals surface area contributed by atoms with E-state index < -0.39 is 5.97 Å². The van der Waals surface area contributed by atoms with Crippen LogP contribution in [-0.2, 0) is 0 Å². The van der Waals surface area contributed by atoms with Crippen molar-refractivity contribution in [3.63, 3.8) is 0 Å². The van der Waals surface area contributed by atoms with Crippen molar-refractivity contribution >= 4 is 5.97 Å². The molecule has 2 rings (SSSR count). The van der Waals surface area contributed by atoms with Gasteiger partial charge < -0.3 is 19.5 Å². The first kappa shape index (κ1) is 13.7. The summed E-state index contributed by atoms with van der Waals surface area (Å²) < 4.78 is 10.9. The van der Waals surface area contributed by atoms with Gasteiger partial charge in [0.05, 0.1) is 12.7 Å². The molecule has 1 unspecified atom stereocenters. The molecule has 0 spiro atoms. The van der Waals surface area contributed by atoms with E-state index in [0.717, 1.165) is 13.0 Å². The second-order valence-electron chi connectivity index (χ2n) is 4.76. The highest BCUT2D eigenvalue weighted by Crippen LogP contribution is 2.29. The van der Waals surface area contributed by atoms with E-state index in [4.69, 9.17) is 14.6 Å². The molecule has 1 fully saturated rings. The first-order valence-corrected chi connectivity index (χ1v) is 6.36. The van der Waals surface area contributed by atoms with Gasteiger partial charge in [0.2, 0.25) is 0 Å². The number of nitrogens with zero attached hydrogens (tertiary/aromatic N) is 1. The number of ether oxygens (including phenoxy) is 2. The van der Waals surface area contributed by atoms with Crippen LogP contribution in [-0.4, -0.2) is 49.3 Å². The number of aromatic carboxylic acids is 1. The van der Waals surface area contributed by atoms with Crippen molar-refractivity contribution in [2.45, 2.75) is 18.9 Å². The number of carboxylic acids is 1. The standard InChI is InChI=1S/C14H19NO4/c1-15-7-3-4-11(15)9-19-13-8-10(14(16)17)5-6-12(13)18-2/h5-6,8,11H,3-4,7,9H2,1-2H3,(H,16,17). The molecule has 1 atom stereocenters. The number of likely N-dealkylation sites (N-methyl/N-ethyl adjacent to an activating group) is 1. The molecule has 0 saturated carbocycles. The van der Waals surface area contributed by atoms with Gasteiger partial charge in [-0.3, -0.25) is 0 Å². The quantitative estimate of drug-likeness (QED) is 0.880. The molecule has 0 amide bonds. The normalized spacial score (nSPS) is 19.4. The summed E-state index contributed by atoms with van der Waals surface area (Å²) in [7, 11) is 3.62. The van der Waals surface area contributed by atoms with E-state index in [2.05, 4.69) is 11.9 Å². The minimum absolute atomic E-state index is 0.204. The fourth-order valence-electron chi connectivity index (χ4n) is 2.30. The van der Waals surface area contributed by atoms with E-state index in [1.54, 1.807) is 13.2 Å². The molecule has 0 bridgehead atoms. The molecule has 5 nitrogen and oxygen atoms in total. The zero-order valence-electron chi connectivity index (χ0n) is 11.3. The lowest BCUT2D eigenvalue weighted by Crippen LogP contribution is -2.30. The van der Waals surface area contributed by atoms with Gasteiger partial charge in [0.15, 0.2) is 11.5 Å². The summed E-state index contributed by atoms with van der Waals surface area (Å²) in [6.45, 7) is 1.64. The number of benzene rings is 1. The van der Waals surface area contributed by atoms with Crippen LogP contribution in [0.5, 0.6) is 11.5 Å². The maximum Gasteiger partial charge on any atom is 0.335 e. The topological polar surface area (TPSA) is 59.0 Å². The minimum atomic E-state index is -0.967. The largest absolute Gasteiger partial charge is 0.493 e. The molecule has 19 heavy (non-hydrogen) atoms. The maximum absolute atomic E-state index is 11.0. The molecular formula is C14H19NO4. The van der Waals surface area contributed by atoms with E-state index in [-0.39, 0.29) is 5.56 Å². The van der Waals surface area contributed by atoms with Crippen LogP contribution in [0.4, 0.5) is 0 Å². The van der Waals surface area contributed by atoms with Crippen molar-refractivity contribution in [3.8, 4) is 11.5 Å². The SMILES string of the molecule is COc1ccc(C(=O)O)cc1OCC1CCCN1C. The lowest BCUT2D eigenvalue weighted by molar-refractivity contribution is 0.0696. The van der Waals surface area contributed by atoms with Crippen LogP contribution < -0.4 is 9.47 Å². The lowest BCUT2D eigenvalue weighted by Gasteiger charge is -2.20. The second kappa shape index (κ2) is 5.93. The molecular weight excluding hydrogens is 246 g/mol. The number of rotatable bonds is 5. The van der Waals surface area contributed by atoms with E-state index >= 15 is 0 Å². The van der Waals surface area contributed by atoms with Gasteiger partial charge in [-0.05, 0) is 44.6 Å². The molecule has 1 saturated heterocycles. The molecule has 1 aliphatic heterocycles. The average Bonchev–Trinajstić information content (AvgIpc) is 2.81. The first-order chi connectivity index (χ1) is 9.11. The van der Waals surface area contributed by atoms with Gasteiger partial charge in [0.25, 0.3) is 0 Å². The third-order valence-electron chi connectivity index (χ3n) is 3.51. The van der Waals surface area contributed by atoms with Crippen LogP contribution >= 0.6 is 0 Å². The number of methoxy groups -OCH3 is 1. The van der Waals surface area contributed by atoms with Crippen molar-refractivity contribution in [2.24, 2.45) is 0 Å². The van der Waals surface area contributed by atoms with Gasteiger partial charge in [-0.15, -0.1) is 0 Å². The Morgan fingerprint density at radius 2 is 2.26 bits per heavy atom. The van der Waals surface area contributed by atoms with Crippen LogP contribution in [0.25, 0.3) is 0 Å². The van der Waals surface area contributed by atoms with Crippen molar-refractivity contribution in [2.75, 3.05) is 27.3 Å². The predicted molar refractivity (Wildman–Crippen MR) is 71.1 cm³/mol. The molecule has 0 aliphatic carbocycles. The third-order valence-corrected chi connectivity index (χ3v) is 3.51. The molecule has 0 radical (unpaired) electrons. The Hall–Kier alpha value is -1.75. The van der Waals surface area contributed by atoms with Gasteiger partial charge in [-0.1, -0.05) is 0 Å². The summed E-state index contributed by atoms with van der Waals surface area (Å²) in [6.07, 6.45) is 2.29. The summed E-state index contributed by atoms with van der Waals surface area (Å²) >= 11 is 0. The second-order valence-corrected chi connectivity index (χ2v) is 4.76. The molecule has 1 N–H and O–H groups in total. The molecule has 1 aromatic rings. The Morgan fingerprint density at radius 1 is 1.47 bits per heavy atom. The minimum Gasteiger partial charge on any atom is -0.493 e. The Labute approximate surface area is 112 Å². The lowest BCUT2D eigenvalue weighted by atomic mass is 10.2. The van der Waals surface area contributed by atoms with E-state index in [0.29, 0.717) is 24.1 Å². The average molecular weight is 265 g/mol. The van der Waals surface area contributed by atoms with Crippen molar-refractivity contribution in [1.29, 1.82) is 0 Å².